The highest BCUT2D eigenvalue weighted by atomic mass is 35.5. The Morgan fingerprint density at radius 2 is 2.12 bits per heavy atom. The molecule has 0 spiro atoms. The first-order valence-electron chi connectivity index (χ1n) is 5.84. The van der Waals surface area contributed by atoms with Crippen LogP contribution in [0.4, 0.5) is 0 Å². The van der Waals surface area contributed by atoms with E-state index in [0.717, 1.165) is 19.7 Å². The summed E-state index contributed by atoms with van der Waals surface area (Å²) in [5, 5.41) is 3.45. The zero-order valence-corrected chi connectivity index (χ0v) is 11.7. The Hall–Kier alpha value is -0.220. The van der Waals surface area contributed by atoms with Crippen molar-refractivity contribution in [1.82, 2.24) is 5.32 Å². The molecule has 1 unspecified atom stereocenters. The average molecular weight is 273 g/mol. The van der Waals surface area contributed by atoms with Crippen LogP contribution in [-0.4, -0.2) is 25.5 Å². The van der Waals surface area contributed by atoms with Crippen molar-refractivity contribution in [2.45, 2.75) is 30.4 Å². The Bertz CT molecular complexity index is 312. The molecule has 96 valence electrons. The van der Waals surface area contributed by atoms with Gasteiger partial charge < -0.3 is 22.5 Å². The lowest BCUT2D eigenvalue weighted by atomic mass is 10.2. The molecule has 2 rings (SSSR count). The third kappa shape index (κ3) is 4.88. The number of hydrogen-bond acceptors (Lipinski definition) is 3. The third-order valence-electron chi connectivity index (χ3n) is 2.88. The van der Waals surface area contributed by atoms with E-state index in [2.05, 4.69) is 35.8 Å². The summed E-state index contributed by atoms with van der Waals surface area (Å²) in [5.41, 5.74) is 1.34. The highest BCUT2D eigenvalue weighted by Crippen LogP contribution is 2.15. The van der Waals surface area contributed by atoms with Crippen LogP contribution < -0.4 is 17.7 Å². The van der Waals surface area contributed by atoms with Gasteiger partial charge in [-0.25, -0.2) is 0 Å². The molecule has 1 saturated heterocycles. The first kappa shape index (κ1) is 14.8. The summed E-state index contributed by atoms with van der Waals surface area (Å²) in [5.74, 6) is 0. The van der Waals surface area contributed by atoms with Crippen LogP contribution in [0.15, 0.2) is 29.2 Å². The van der Waals surface area contributed by atoms with Crippen LogP contribution in [0.5, 0.6) is 0 Å². The Labute approximate surface area is 114 Å². The van der Waals surface area contributed by atoms with Gasteiger partial charge in [0.2, 0.25) is 0 Å². The molecule has 0 amide bonds. The van der Waals surface area contributed by atoms with E-state index in [1.807, 2.05) is 0 Å². The van der Waals surface area contributed by atoms with Crippen molar-refractivity contribution in [3.8, 4) is 0 Å². The molecule has 0 aromatic heterocycles. The van der Waals surface area contributed by atoms with Crippen LogP contribution >= 0.6 is 11.8 Å². The van der Waals surface area contributed by atoms with Gasteiger partial charge >= 0.3 is 0 Å². The third-order valence-corrected chi connectivity index (χ3v) is 3.63. The summed E-state index contributed by atoms with van der Waals surface area (Å²) in [7, 11) is 0. The van der Waals surface area contributed by atoms with E-state index >= 15 is 0 Å². The van der Waals surface area contributed by atoms with Crippen LogP contribution in [0.1, 0.15) is 18.4 Å². The maximum atomic E-state index is 5.56. The molecule has 17 heavy (non-hydrogen) atoms. The number of benzene rings is 1. The van der Waals surface area contributed by atoms with Crippen molar-refractivity contribution in [2.75, 3.05) is 19.4 Å². The molecule has 1 atom stereocenters. The minimum atomic E-state index is 0. The number of thioether (sulfide) groups is 1. The molecular weight excluding hydrogens is 254 g/mol. The van der Waals surface area contributed by atoms with Gasteiger partial charge in [0.1, 0.15) is 0 Å². The highest BCUT2D eigenvalue weighted by molar-refractivity contribution is 7.98. The minimum absolute atomic E-state index is 0. The Kier molecular flexibility index (Phi) is 6.97. The topological polar surface area (TPSA) is 21.3 Å². The lowest BCUT2D eigenvalue weighted by Crippen LogP contribution is -3.00. The smallest absolute Gasteiger partial charge is 0.0700 e. The fourth-order valence-corrected chi connectivity index (χ4v) is 2.33. The normalized spacial score (nSPS) is 19.0. The second-order valence-corrected chi connectivity index (χ2v) is 4.99. The summed E-state index contributed by atoms with van der Waals surface area (Å²) in [6, 6.07) is 8.73. The second kappa shape index (κ2) is 7.98. The van der Waals surface area contributed by atoms with Crippen LogP contribution in [0, 0.1) is 0 Å². The first-order chi connectivity index (χ1) is 7.88. The molecule has 1 aromatic carbocycles. The minimum Gasteiger partial charge on any atom is -1.00 e. The van der Waals surface area contributed by atoms with Crippen LogP contribution in [0.25, 0.3) is 0 Å². The maximum Gasteiger partial charge on any atom is 0.0700 e. The Morgan fingerprint density at radius 3 is 2.71 bits per heavy atom. The molecule has 0 bridgehead atoms. The lowest BCUT2D eigenvalue weighted by Gasteiger charge is -2.10. The van der Waals surface area contributed by atoms with Gasteiger partial charge in [0.25, 0.3) is 0 Å². The fraction of sp³-hybridized carbons (Fsp3) is 0.538. The molecule has 1 N–H and O–H groups in total. The van der Waals surface area contributed by atoms with Crippen LogP contribution in [-0.2, 0) is 11.3 Å². The van der Waals surface area contributed by atoms with E-state index in [1.165, 1.54) is 23.3 Å². The van der Waals surface area contributed by atoms with E-state index in [4.69, 9.17) is 4.74 Å². The zero-order valence-electron chi connectivity index (χ0n) is 10.1. The molecule has 1 fully saturated rings. The molecular formula is C13H19ClNOS-. The summed E-state index contributed by atoms with van der Waals surface area (Å²) in [6.07, 6.45) is 4.96. The highest BCUT2D eigenvalue weighted by Gasteiger charge is 2.14. The summed E-state index contributed by atoms with van der Waals surface area (Å²) in [6.45, 7) is 2.85. The van der Waals surface area contributed by atoms with E-state index in [1.54, 1.807) is 11.8 Å². The Balaban J connectivity index is 0.00000144. The molecule has 0 saturated carbocycles. The van der Waals surface area contributed by atoms with Gasteiger partial charge in [0, 0.05) is 24.6 Å². The lowest BCUT2D eigenvalue weighted by molar-refractivity contribution is -0.00000462. The van der Waals surface area contributed by atoms with Gasteiger partial charge in [-0.3, -0.25) is 0 Å². The fourth-order valence-electron chi connectivity index (χ4n) is 1.93. The monoisotopic (exact) mass is 272 g/mol. The zero-order chi connectivity index (χ0) is 11.2. The first-order valence-corrected chi connectivity index (χ1v) is 7.06. The number of nitrogens with one attached hydrogen (secondary N) is 1. The largest absolute Gasteiger partial charge is 1.00 e. The van der Waals surface area contributed by atoms with Gasteiger partial charge in [-0.05, 0) is 36.8 Å². The predicted octanol–water partition coefficient (Wildman–Crippen LogP) is -0.319. The van der Waals surface area contributed by atoms with Gasteiger partial charge in [-0.15, -0.1) is 11.8 Å². The molecule has 1 heterocycles. The molecule has 0 aliphatic carbocycles. The summed E-state index contributed by atoms with van der Waals surface area (Å²) >= 11 is 1.78. The summed E-state index contributed by atoms with van der Waals surface area (Å²) < 4.78 is 5.56. The van der Waals surface area contributed by atoms with Crippen molar-refractivity contribution < 1.29 is 17.1 Å². The van der Waals surface area contributed by atoms with E-state index < -0.39 is 0 Å². The quantitative estimate of drug-likeness (QED) is 0.743. The van der Waals surface area contributed by atoms with Gasteiger partial charge in [0.15, 0.2) is 0 Å². The second-order valence-electron chi connectivity index (χ2n) is 4.11. The number of rotatable bonds is 5. The maximum absolute atomic E-state index is 5.56. The molecule has 1 aromatic rings. The SMILES string of the molecule is CSc1ccc(CNCC2CCCO2)cc1.[Cl-]. The van der Waals surface area contributed by atoms with Crippen molar-refractivity contribution in [1.29, 1.82) is 0 Å². The van der Waals surface area contributed by atoms with Crippen molar-refractivity contribution in [2.24, 2.45) is 0 Å². The van der Waals surface area contributed by atoms with Crippen LogP contribution in [0.2, 0.25) is 0 Å². The summed E-state index contributed by atoms with van der Waals surface area (Å²) in [4.78, 5) is 1.32. The molecule has 0 radical (unpaired) electrons. The Morgan fingerprint density at radius 1 is 1.35 bits per heavy atom. The molecule has 1 aliphatic rings. The predicted molar refractivity (Wildman–Crippen MR) is 68.9 cm³/mol. The van der Waals surface area contributed by atoms with E-state index in [-0.39, 0.29) is 12.4 Å². The molecule has 4 heteroatoms. The number of ether oxygens (including phenoxy) is 1. The number of halogens is 1. The molecule has 1 aliphatic heterocycles. The van der Waals surface area contributed by atoms with Crippen molar-refractivity contribution in [3.63, 3.8) is 0 Å². The molecule has 2 nitrogen and oxygen atoms in total. The average Bonchev–Trinajstić information content (AvgIpc) is 2.83. The number of hydrogen-bond donors (Lipinski definition) is 1. The van der Waals surface area contributed by atoms with Gasteiger partial charge in [-0.1, -0.05) is 12.1 Å². The standard InChI is InChI=1S/C13H19NOS.ClH/c1-16-13-6-4-11(5-7-13)9-14-10-12-3-2-8-15-12;/h4-7,12,14H,2-3,8-10H2,1H3;1H/p-1. The van der Waals surface area contributed by atoms with Gasteiger partial charge in [0.05, 0.1) is 6.10 Å². The van der Waals surface area contributed by atoms with Gasteiger partial charge in [-0.2, -0.15) is 0 Å². The van der Waals surface area contributed by atoms with Crippen LogP contribution in [0.3, 0.4) is 0 Å². The van der Waals surface area contributed by atoms with Crippen molar-refractivity contribution >= 4 is 11.8 Å². The van der Waals surface area contributed by atoms with E-state index in [9.17, 15) is 0 Å². The van der Waals surface area contributed by atoms with Crippen molar-refractivity contribution in [3.05, 3.63) is 29.8 Å². The van der Waals surface area contributed by atoms with E-state index in [0.29, 0.717) is 6.10 Å².